The molecule has 23 heavy (non-hydrogen) atoms. The van der Waals surface area contributed by atoms with Crippen LogP contribution in [0.25, 0.3) is 0 Å². The van der Waals surface area contributed by atoms with Gasteiger partial charge in [0.05, 0.1) is 5.69 Å². The minimum atomic E-state index is -0.454. The summed E-state index contributed by atoms with van der Waals surface area (Å²) in [7, 11) is 0. The highest BCUT2D eigenvalue weighted by Crippen LogP contribution is 2.24. The molecule has 0 radical (unpaired) electrons. The predicted molar refractivity (Wildman–Crippen MR) is 85.7 cm³/mol. The number of unbranched alkanes of at least 4 members (excludes halogenated alkanes) is 1. The third-order valence-electron chi connectivity index (χ3n) is 2.95. The molecule has 2 rings (SSSR count). The van der Waals surface area contributed by atoms with Crippen LogP contribution in [0.1, 0.15) is 19.8 Å². The summed E-state index contributed by atoms with van der Waals surface area (Å²) in [6, 6.07) is 12.1. The first-order valence-corrected chi connectivity index (χ1v) is 7.40. The summed E-state index contributed by atoms with van der Waals surface area (Å²) >= 11 is 0. The van der Waals surface area contributed by atoms with E-state index < -0.39 is 6.03 Å². The summed E-state index contributed by atoms with van der Waals surface area (Å²) in [5, 5.41) is 10.1. The number of ether oxygens (including phenoxy) is 1. The Kier molecular flexibility index (Phi) is 6.23. The molecule has 1 N–H and O–H groups in total. The van der Waals surface area contributed by atoms with E-state index in [0.717, 1.165) is 12.8 Å². The highest BCUT2D eigenvalue weighted by molar-refractivity contribution is 5.74. The average molecular weight is 315 g/mol. The maximum Gasteiger partial charge on any atom is 0.359 e. The van der Waals surface area contributed by atoms with E-state index >= 15 is 0 Å². The van der Waals surface area contributed by atoms with E-state index in [1.165, 1.54) is 12.1 Å². The van der Waals surface area contributed by atoms with Gasteiger partial charge in [-0.1, -0.05) is 18.5 Å². The molecule has 6 heteroatoms. The molecule has 0 aliphatic heterocycles. The number of hydrogen-bond donors (Lipinski definition) is 1. The van der Waals surface area contributed by atoms with Crippen molar-refractivity contribution in [3.05, 3.63) is 54.3 Å². The predicted octanol–water partition coefficient (Wildman–Crippen LogP) is 5.21. The molecule has 0 saturated heterocycles. The van der Waals surface area contributed by atoms with Crippen LogP contribution in [0.5, 0.6) is 11.5 Å². The number of halogens is 1. The number of azo groups is 1. The van der Waals surface area contributed by atoms with Crippen molar-refractivity contribution < 1.29 is 13.9 Å². The van der Waals surface area contributed by atoms with Crippen LogP contribution in [0.3, 0.4) is 0 Å². The van der Waals surface area contributed by atoms with Crippen molar-refractivity contribution in [2.24, 2.45) is 10.2 Å². The highest BCUT2D eigenvalue weighted by Gasteiger charge is 2.00. The number of carbonyl (C=O) groups is 1. The maximum absolute atomic E-state index is 12.8. The number of nitrogens with zero attached hydrogens (tertiary/aromatic N) is 2. The summed E-state index contributed by atoms with van der Waals surface area (Å²) in [6.45, 7) is 2.64. The number of urea groups is 1. The molecule has 0 heterocycles. The summed E-state index contributed by atoms with van der Waals surface area (Å²) in [5.41, 5.74) is 0.544. The molecule has 120 valence electrons. The van der Waals surface area contributed by atoms with Gasteiger partial charge in [-0.25, -0.2) is 9.18 Å². The molecule has 0 aliphatic rings. The quantitative estimate of drug-likeness (QED) is 0.587. The molecule has 2 aromatic rings. The third kappa shape index (κ3) is 5.86. The van der Waals surface area contributed by atoms with Gasteiger partial charge >= 0.3 is 6.03 Å². The number of nitrogens with one attached hydrogen (secondary N) is 1. The van der Waals surface area contributed by atoms with Gasteiger partial charge in [0.15, 0.2) is 0 Å². The second-order valence-electron chi connectivity index (χ2n) is 4.84. The molecule has 0 fully saturated rings. The molecular weight excluding hydrogens is 297 g/mol. The van der Waals surface area contributed by atoms with Gasteiger partial charge in [0, 0.05) is 6.54 Å². The molecule has 0 spiro atoms. The standard InChI is InChI=1S/C17H18FN3O2/c1-2-3-12-19-17(22)21-20-14-6-10-16(11-7-14)23-15-8-4-13(18)5-9-15/h4-11H,2-3,12H2,1H3,(H,19,22). The normalized spacial score (nSPS) is 10.7. The number of rotatable bonds is 6. The van der Waals surface area contributed by atoms with E-state index in [-0.39, 0.29) is 5.82 Å². The molecule has 0 atom stereocenters. The van der Waals surface area contributed by atoms with Gasteiger partial charge in [-0.05, 0) is 55.0 Å². The molecule has 0 aromatic heterocycles. The van der Waals surface area contributed by atoms with Gasteiger partial charge < -0.3 is 10.1 Å². The lowest BCUT2D eigenvalue weighted by Crippen LogP contribution is -2.20. The molecular formula is C17H18FN3O2. The maximum atomic E-state index is 12.8. The van der Waals surface area contributed by atoms with Crippen molar-refractivity contribution >= 4 is 11.7 Å². The zero-order chi connectivity index (χ0) is 16.5. The first kappa shape index (κ1) is 16.6. The van der Waals surface area contributed by atoms with Gasteiger partial charge in [0.25, 0.3) is 0 Å². The van der Waals surface area contributed by atoms with Gasteiger partial charge in [-0.3, -0.25) is 0 Å². The van der Waals surface area contributed by atoms with Crippen molar-refractivity contribution in [1.82, 2.24) is 5.32 Å². The van der Waals surface area contributed by atoms with Gasteiger partial charge in [-0.15, -0.1) is 5.11 Å². The van der Waals surface area contributed by atoms with E-state index in [2.05, 4.69) is 15.5 Å². The number of benzene rings is 2. The Labute approximate surface area is 134 Å². The van der Waals surface area contributed by atoms with Crippen LogP contribution in [-0.4, -0.2) is 12.6 Å². The Bertz CT molecular complexity index is 655. The minimum absolute atomic E-state index is 0.315. The number of amides is 2. The van der Waals surface area contributed by atoms with Gasteiger partial charge in [0.2, 0.25) is 0 Å². The second kappa shape index (κ2) is 8.63. The number of hydrogen-bond acceptors (Lipinski definition) is 3. The molecule has 2 aromatic carbocycles. The number of carbonyl (C=O) groups excluding carboxylic acids is 1. The van der Waals surface area contributed by atoms with Crippen LogP contribution in [0.2, 0.25) is 0 Å². The average Bonchev–Trinajstić information content (AvgIpc) is 2.57. The Morgan fingerprint density at radius 2 is 1.70 bits per heavy atom. The molecule has 0 aliphatic carbocycles. The third-order valence-corrected chi connectivity index (χ3v) is 2.95. The van der Waals surface area contributed by atoms with E-state index in [1.807, 2.05) is 6.92 Å². The van der Waals surface area contributed by atoms with E-state index in [9.17, 15) is 9.18 Å². The smallest absolute Gasteiger partial charge is 0.359 e. The zero-order valence-electron chi connectivity index (χ0n) is 12.8. The van der Waals surface area contributed by atoms with Crippen LogP contribution in [0, 0.1) is 5.82 Å². The fourth-order valence-electron chi connectivity index (χ4n) is 1.73. The monoisotopic (exact) mass is 315 g/mol. The Morgan fingerprint density at radius 3 is 2.30 bits per heavy atom. The van der Waals surface area contributed by atoms with Crippen LogP contribution in [0.15, 0.2) is 58.8 Å². The summed E-state index contributed by atoms with van der Waals surface area (Å²) < 4.78 is 18.4. The lowest BCUT2D eigenvalue weighted by Gasteiger charge is -2.05. The van der Waals surface area contributed by atoms with E-state index in [1.54, 1.807) is 36.4 Å². The largest absolute Gasteiger partial charge is 0.457 e. The topological polar surface area (TPSA) is 63.0 Å². The van der Waals surface area contributed by atoms with Gasteiger partial charge in [-0.2, -0.15) is 0 Å². The molecule has 5 nitrogen and oxygen atoms in total. The Morgan fingerprint density at radius 1 is 1.09 bits per heavy atom. The van der Waals surface area contributed by atoms with Crippen molar-refractivity contribution in [2.75, 3.05) is 6.54 Å². The molecule has 2 amide bonds. The Balaban J connectivity index is 1.89. The lowest BCUT2D eigenvalue weighted by atomic mass is 10.3. The van der Waals surface area contributed by atoms with Crippen molar-refractivity contribution in [3.63, 3.8) is 0 Å². The first-order valence-electron chi connectivity index (χ1n) is 7.40. The van der Waals surface area contributed by atoms with E-state index in [4.69, 9.17) is 4.74 Å². The van der Waals surface area contributed by atoms with Crippen LogP contribution in [0.4, 0.5) is 14.9 Å². The van der Waals surface area contributed by atoms with Crippen LogP contribution < -0.4 is 10.1 Å². The fourth-order valence-corrected chi connectivity index (χ4v) is 1.73. The highest BCUT2D eigenvalue weighted by atomic mass is 19.1. The lowest BCUT2D eigenvalue weighted by molar-refractivity contribution is 0.248. The van der Waals surface area contributed by atoms with E-state index in [0.29, 0.717) is 23.7 Å². The van der Waals surface area contributed by atoms with Crippen molar-refractivity contribution in [1.29, 1.82) is 0 Å². The molecule has 0 unspecified atom stereocenters. The van der Waals surface area contributed by atoms with Crippen LogP contribution >= 0.6 is 0 Å². The first-order chi connectivity index (χ1) is 11.2. The van der Waals surface area contributed by atoms with Crippen molar-refractivity contribution in [3.8, 4) is 11.5 Å². The van der Waals surface area contributed by atoms with Crippen molar-refractivity contribution in [2.45, 2.75) is 19.8 Å². The van der Waals surface area contributed by atoms with Crippen LogP contribution in [-0.2, 0) is 0 Å². The summed E-state index contributed by atoms with van der Waals surface area (Å²) in [6.07, 6.45) is 1.92. The van der Waals surface area contributed by atoms with Gasteiger partial charge in [0.1, 0.15) is 17.3 Å². The minimum Gasteiger partial charge on any atom is -0.457 e. The molecule has 0 saturated carbocycles. The SMILES string of the molecule is CCCCNC(=O)N=Nc1ccc(Oc2ccc(F)cc2)cc1. The summed E-state index contributed by atoms with van der Waals surface area (Å²) in [5.74, 6) is 0.810. The second-order valence-corrected chi connectivity index (χ2v) is 4.84. The zero-order valence-corrected chi connectivity index (χ0v) is 12.8. The Hall–Kier alpha value is -2.76. The molecule has 0 bridgehead atoms. The summed E-state index contributed by atoms with van der Waals surface area (Å²) in [4.78, 5) is 11.4. The fraction of sp³-hybridized carbons (Fsp3) is 0.235.